The molecule has 0 fully saturated rings. The Morgan fingerprint density at radius 3 is 2.74 bits per heavy atom. The first-order valence-electron chi connectivity index (χ1n) is 9.68. The number of likely N-dealkylation sites (N-methyl/N-ethyl adjacent to an activating group) is 1. The van der Waals surface area contributed by atoms with Crippen LogP contribution in [0.1, 0.15) is 28.7 Å². The van der Waals surface area contributed by atoms with Crippen LogP contribution in [-0.2, 0) is 11.3 Å². The van der Waals surface area contributed by atoms with Gasteiger partial charge in [0.05, 0.1) is 18.8 Å². The molecule has 1 amide bonds. The molecule has 0 bridgehead atoms. The number of thiophene rings is 1. The van der Waals surface area contributed by atoms with Crippen LogP contribution in [0.5, 0.6) is 5.75 Å². The van der Waals surface area contributed by atoms with E-state index in [2.05, 4.69) is 9.84 Å². The molecule has 0 saturated carbocycles. The third kappa shape index (κ3) is 5.18. The third-order valence-electron chi connectivity index (χ3n) is 4.85. The number of benzene rings is 1. The van der Waals surface area contributed by atoms with Gasteiger partial charge in [-0.25, -0.2) is 5.01 Å². The number of carbonyl (C=O) groups is 1. The first-order chi connectivity index (χ1) is 15.0. The summed E-state index contributed by atoms with van der Waals surface area (Å²) in [7, 11) is 1.83. The molecule has 0 aliphatic carbocycles. The van der Waals surface area contributed by atoms with Crippen LogP contribution < -0.4 is 4.74 Å². The van der Waals surface area contributed by atoms with Gasteiger partial charge in [-0.15, -0.1) is 11.3 Å². The first-order valence-corrected chi connectivity index (χ1v) is 10.6. The topological polar surface area (TPSA) is 58.3 Å². The molecule has 3 heterocycles. The predicted molar refractivity (Wildman–Crippen MR) is 113 cm³/mol. The number of halogens is 2. The van der Waals surface area contributed by atoms with Crippen LogP contribution in [0.3, 0.4) is 0 Å². The lowest BCUT2D eigenvalue weighted by atomic mass is 10.1. The van der Waals surface area contributed by atoms with Gasteiger partial charge < -0.3 is 9.15 Å². The van der Waals surface area contributed by atoms with Gasteiger partial charge in [-0.2, -0.15) is 13.9 Å². The normalized spacial score (nSPS) is 16.2. The largest absolute Gasteiger partial charge is 0.463 e. The fraction of sp³-hybridized carbons (Fsp3) is 0.273. The minimum Gasteiger partial charge on any atom is -0.463 e. The Bertz CT molecular complexity index is 1020. The van der Waals surface area contributed by atoms with Crippen molar-refractivity contribution in [3.63, 3.8) is 0 Å². The summed E-state index contributed by atoms with van der Waals surface area (Å²) in [6, 6.07) is 13.8. The lowest BCUT2D eigenvalue weighted by molar-refractivity contribution is -0.134. The van der Waals surface area contributed by atoms with Crippen LogP contribution in [0.2, 0.25) is 0 Å². The maximum absolute atomic E-state index is 13.1. The van der Waals surface area contributed by atoms with Gasteiger partial charge in [-0.3, -0.25) is 9.69 Å². The molecule has 162 valence electrons. The van der Waals surface area contributed by atoms with Crippen molar-refractivity contribution in [1.82, 2.24) is 9.91 Å². The van der Waals surface area contributed by atoms with E-state index in [1.54, 1.807) is 40.8 Å². The van der Waals surface area contributed by atoms with Crippen LogP contribution in [0, 0.1) is 0 Å². The summed E-state index contributed by atoms with van der Waals surface area (Å²) in [6.45, 7) is -2.21. The molecule has 6 nitrogen and oxygen atoms in total. The molecule has 1 unspecified atom stereocenters. The highest BCUT2D eigenvalue weighted by atomic mass is 32.1. The average molecular weight is 445 g/mol. The van der Waals surface area contributed by atoms with Crippen LogP contribution >= 0.6 is 11.3 Å². The van der Waals surface area contributed by atoms with E-state index in [0.29, 0.717) is 18.7 Å². The van der Waals surface area contributed by atoms with Crippen LogP contribution in [0.4, 0.5) is 8.78 Å². The van der Waals surface area contributed by atoms with Gasteiger partial charge in [-0.1, -0.05) is 18.2 Å². The van der Waals surface area contributed by atoms with Crippen LogP contribution in [0.25, 0.3) is 0 Å². The molecule has 0 saturated heterocycles. The quantitative estimate of drug-likeness (QED) is 0.502. The van der Waals surface area contributed by atoms with Gasteiger partial charge in [0.1, 0.15) is 17.2 Å². The standard InChI is InChI=1S/C22H21F2N3O3S/c1-26(13-15-6-8-16(9-7-15)30-22(23)24)14-21(28)27-18(20-5-3-11-31-20)12-17(25-27)19-4-2-10-29-19/h2-11,18,22H,12-14H2,1H3. The molecular weight excluding hydrogens is 424 g/mol. The average Bonchev–Trinajstić information content (AvgIpc) is 3.49. The van der Waals surface area contributed by atoms with Crippen LogP contribution in [0.15, 0.2) is 69.7 Å². The summed E-state index contributed by atoms with van der Waals surface area (Å²) in [5.41, 5.74) is 1.63. The minimum absolute atomic E-state index is 0.105. The number of nitrogens with zero attached hydrogens (tertiary/aromatic N) is 3. The molecular formula is C22H21F2N3O3S. The Kier molecular flexibility index (Phi) is 6.43. The summed E-state index contributed by atoms with van der Waals surface area (Å²) in [6.07, 6.45) is 2.18. The highest BCUT2D eigenvalue weighted by Gasteiger charge is 2.34. The summed E-state index contributed by atoms with van der Waals surface area (Å²) in [5, 5.41) is 8.09. The number of hydrazone groups is 1. The van der Waals surface area contributed by atoms with E-state index >= 15 is 0 Å². The molecule has 0 N–H and O–H groups in total. The van der Waals surface area contributed by atoms with Crippen molar-refractivity contribution in [3.8, 4) is 5.75 Å². The van der Waals surface area contributed by atoms with Gasteiger partial charge in [0.2, 0.25) is 0 Å². The monoisotopic (exact) mass is 445 g/mol. The number of rotatable bonds is 8. The van der Waals surface area contributed by atoms with Crippen molar-refractivity contribution in [1.29, 1.82) is 0 Å². The number of furan rings is 1. The highest BCUT2D eigenvalue weighted by Crippen LogP contribution is 2.35. The van der Waals surface area contributed by atoms with Gasteiger partial charge in [0.25, 0.3) is 5.91 Å². The Morgan fingerprint density at radius 1 is 1.29 bits per heavy atom. The molecule has 3 aromatic rings. The summed E-state index contributed by atoms with van der Waals surface area (Å²) < 4.78 is 34.4. The zero-order chi connectivity index (χ0) is 21.8. The maximum atomic E-state index is 13.1. The van der Waals surface area contributed by atoms with E-state index in [9.17, 15) is 13.6 Å². The minimum atomic E-state index is -2.85. The van der Waals surface area contributed by atoms with Crippen molar-refractivity contribution in [3.05, 3.63) is 76.4 Å². The number of carbonyl (C=O) groups excluding carboxylic acids is 1. The smallest absolute Gasteiger partial charge is 0.387 e. The molecule has 1 aliphatic heterocycles. The fourth-order valence-electron chi connectivity index (χ4n) is 3.48. The van der Waals surface area contributed by atoms with E-state index in [1.807, 2.05) is 35.5 Å². The number of ether oxygens (including phenoxy) is 1. The molecule has 0 spiro atoms. The van der Waals surface area contributed by atoms with E-state index in [4.69, 9.17) is 4.42 Å². The van der Waals surface area contributed by atoms with Crippen molar-refractivity contribution < 1.29 is 22.7 Å². The van der Waals surface area contributed by atoms with Crippen molar-refractivity contribution in [2.45, 2.75) is 25.6 Å². The second-order valence-corrected chi connectivity index (χ2v) is 8.17. The van der Waals surface area contributed by atoms with Crippen LogP contribution in [-0.4, -0.2) is 41.7 Å². The number of hydrogen-bond acceptors (Lipinski definition) is 6. The Morgan fingerprint density at radius 2 is 2.10 bits per heavy atom. The Labute approximate surface area is 182 Å². The predicted octanol–water partition coefficient (Wildman–Crippen LogP) is 4.75. The third-order valence-corrected chi connectivity index (χ3v) is 5.82. The molecule has 2 aromatic heterocycles. The molecule has 1 aliphatic rings. The highest BCUT2D eigenvalue weighted by molar-refractivity contribution is 7.10. The van der Waals surface area contributed by atoms with Crippen molar-refractivity contribution in [2.24, 2.45) is 5.10 Å². The van der Waals surface area contributed by atoms with E-state index in [0.717, 1.165) is 16.2 Å². The van der Waals surface area contributed by atoms with Gasteiger partial charge in [0.15, 0.2) is 0 Å². The van der Waals surface area contributed by atoms with Crippen molar-refractivity contribution >= 4 is 23.0 Å². The zero-order valence-electron chi connectivity index (χ0n) is 16.8. The number of amides is 1. The van der Waals surface area contributed by atoms with E-state index < -0.39 is 6.61 Å². The second kappa shape index (κ2) is 9.40. The summed E-state index contributed by atoms with van der Waals surface area (Å²) in [5.74, 6) is 0.643. The Balaban J connectivity index is 1.42. The molecule has 9 heteroatoms. The fourth-order valence-corrected chi connectivity index (χ4v) is 4.29. The summed E-state index contributed by atoms with van der Waals surface area (Å²) in [4.78, 5) is 16.0. The lowest BCUT2D eigenvalue weighted by Gasteiger charge is -2.24. The number of alkyl halides is 2. The zero-order valence-corrected chi connectivity index (χ0v) is 17.6. The van der Waals surface area contributed by atoms with Gasteiger partial charge in [0, 0.05) is 17.8 Å². The Hall–Kier alpha value is -3.04. The SMILES string of the molecule is CN(CC(=O)N1N=C(c2ccco2)CC1c1cccs1)Cc1ccc(OC(F)F)cc1. The molecule has 1 atom stereocenters. The lowest BCUT2D eigenvalue weighted by Crippen LogP contribution is -2.36. The summed E-state index contributed by atoms with van der Waals surface area (Å²) >= 11 is 1.59. The number of hydrogen-bond donors (Lipinski definition) is 0. The molecule has 0 radical (unpaired) electrons. The first kappa shape index (κ1) is 21.2. The van der Waals surface area contributed by atoms with E-state index in [-0.39, 0.29) is 24.2 Å². The van der Waals surface area contributed by atoms with E-state index in [1.165, 1.54) is 12.1 Å². The molecule has 31 heavy (non-hydrogen) atoms. The molecule has 4 rings (SSSR count). The van der Waals surface area contributed by atoms with Gasteiger partial charge in [-0.05, 0) is 48.3 Å². The van der Waals surface area contributed by atoms with Gasteiger partial charge >= 0.3 is 6.61 Å². The molecule has 1 aromatic carbocycles. The maximum Gasteiger partial charge on any atom is 0.387 e. The second-order valence-electron chi connectivity index (χ2n) is 7.19. The van der Waals surface area contributed by atoms with Crippen molar-refractivity contribution in [2.75, 3.05) is 13.6 Å².